The van der Waals surface area contributed by atoms with Crippen LogP contribution in [0.4, 0.5) is 0 Å². The van der Waals surface area contributed by atoms with Crippen molar-refractivity contribution in [1.29, 1.82) is 0 Å². The summed E-state index contributed by atoms with van der Waals surface area (Å²) in [4.78, 5) is 27.5. The number of imide groups is 1. The number of thiophene rings is 1. The molecule has 5 nitrogen and oxygen atoms in total. The average Bonchev–Trinajstić information content (AvgIpc) is 3.30. The molecular formula is C21H22N3O2S+. The normalized spacial score (nSPS) is 18.7. The summed E-state index contributed by atoms with van der Waals surface area (Å²) in [6.07, 6.45) is 2.75. The van der Waals surface area contributed by atoms with Gasteiger partial charge in [0.05, 0.1) is 6.54 Å². The van der Waals surface area contributed by atoms with Crippen molar-refractivity contribution in [2.45, 2.75) is 12.5 Å². The van der Waals surface area contributed by atoms with Gasteiger partial charge in [-0.05, 0) is 23.6 Å². The average molecular weight is 380 g/mol. The van der Waals surface area contributed by atoms with Gasteiger partial charge in [0.25, 0.3) is 11.8 Å². The monoisotopic (exact) mass is 380 g/mol. The third kappa shape index (κ3) is 3.59. The largest absolute Gasteiger partial charge is 0.347 e. The smallest absolute Gasteiger partial charge is 0.282 e. The van der Waals surface area contributed by atoms with Gasteiger partial charge in [0.2, 0.25) is 0 Å². The van der Waals surface area contributed by atoms with E-state index in [1.807, 2.05) is 18.2 Å². The van der Waals surface area contributed by atoms with E-state index in [0.717, 1.165) is 13.0 Å². The number of benzene rings is 1. The molecule has 1 aliphatic rings. The Labute approximate surface area is 162 Å². The van der Waals surface area contributed by atoms with Gasteiger partial charge in [-0.25, -0.2) is 0 Å². The molecule has 4 rings (SSSR count). The van der Waals surface area contributed by atoms with Crippen molar-refractivity contribution in [1.82, 2.24) is 9.88 Å². The standard InChI is InChI=1S/C21H21N3O2S/c1-23-11-5-8-17(23)21(26)22-19(25)14-24-12-9-18-16(10-13-27-18)20(24)15-6-3-2-4-7-15/h2-8,10-11,13,20H,9,12,14H2,1H3,(H,22,25,26)/p+1/t20-/m1/s1. The topological polar surface area (TPSA) is 55.5 Å². The van der Waals surface area contributed by atoms with Gasteiger partial charge in [-0.3, -0.25) is 14.9 Å². The van der Waals surface area contributed by atoms with E-state index in [0.29, 0.717) is 5.69 Å². The van der Waals surface area contributed by atoms with E-state index in [9.17, 15) is 9.59 Å². The number of hydrogen-bond acceptors (Lipinski definition) is 3. The van der Waals surface area contributed by atoms with Crippen molar-refractivity contribution in [2.75, 3.05) is 13.1 Å². The highest BCUT2D eigenvalue weighted by Gasteiger charge is 2.34. The number of fused-ring (bicyclic) bond motifs is 1. The summed E-state index contributed by atoms with van der Waals surface area (Å²) >= 11 is 1.78. The van der Waals surface area contributed by atoms with E-state index < -0.39 is 0 Å². The highest BCUT2D eigenvalue weighted by atomic mass is 32.1. The number of amides is 2. The molecule has 1 unspecified atom stereocenters. The fourth-order valence-electron chi connectivity index (χ4n) is 3.84. The number of rotatable bonds is 4. The van der Waals surface area contributed by atoms with Gasteiger partial charge in [0.15, 0.2) is 6.54 Å². The van der Waals surface area contributed by atoms with Gasteiger partial charge in [-0.15, -0.1) is 11.3 Å². The predicted molar refractivity (Wildman–Crippen MR) is 105 cm³/mol. The minimum Gasteiger partial charge on any atom is -0.347 e. The van der Waals surface area contributed by atoms with Crippen LogP contribution < -0.4 is 10.2 Å². The number of carbonyl (C=O) groups excluding carboxylic acids is 2. The first-order valence-corrected chi connectivity index (χ1v) is 9.93. The molecule has 2 amide bonds. The molecule has 6 heteroatoms. The lowest BCUT2D eigenvalue weighted by molar-refractivity contribution is -0.920. The number of carbonyl (C=O) groups is 2. The van der Waals surface area contributed by atoms with Crippen LogP contribution in [0.3, 0.4) is 0 Å². The van der Waals surface area contributed by atoms with E-state index in [4.69, 9.17) is 0 Å². The second-order valence-electron chi connectivity index (χ2n) is 6.86. The molecule has 27 heavy (non-hydrogen) atoms. The van der Waals surface area contributed by atoms with Crippen molar-refractivity contribution < 1.29 is 14.5 Å². The summed E-state index contributed by atoms with van der Waals surface area (Å²) in [5.41, 5.74) is 2.99. The highest BCUT2D eigenvalue weighted by Crippen LogP contribution is 2.29. The molecule has 0 aliphatic carbocycles. The second kappa shape index (κ2) is 7.50. The van der Waals surface area contributed by atoms with Crippen LogP contribution in [0.1, 0.15) is 32.5 Å². The molecule has 2 N–H and O–H groups in total. The number of aromatic nitrogens is 1. The van der Waals surface area contributed by atoms with Crippen LogP contribution >= 0.6 is 11.3 Å². The Morgan fingerprint density at radius 1 is 1.19 bits per heavy atom. The number of hydrogen-bond donors (Lipinski definition) is 2. The Kier molecular flexibility index (Phi) is 4.92. The zero-order chi connectivity index (χ0) is 18.8. The Morgan fingerprint density at radius 2 is 2.00 bits per heavy atom. The molecule has 2 atom stereocenters. The van der Waals surface area contributed by atoms with E-state index in [-0.39, 0.29) is 24.4 Å². The first kappa shape index (κ1) is 17.7. The molecule has 0 saturated carbocycles. The predicted octanol–water partition coefficient (Wildman–Crippen LogP) is 1.57. The number of quaternary nitrogens is 1. The summed E-state index contributed by atoms with van der Waals surface area (Å²) in [5.74, 6) is -0.591. The maximum atomic E-state index is 12.6. The van der Waals surface area contributed by atoms with Crippen LogP contribution in [0, 0.1) is 0 Å². The SMILES string of the molecule is Cn1cccc1C(=O)NC(=O)C[NH+]1CCc2sccc2[C@H]1c1ccccc1. The van der Waals surface area contributed by atoms with Gasteiger partial charge < -0.3 is 9.47 Å². The van der Waals surface area contributed by atoms with Gasteiger partial charge in [-0.1, -0.05) is 30.3 Å². The fourth-order valence-corrected chi connectivity index (χ4v) is 4.76. The lowest BCUT2D eigenvalue weighted by Crippen LogP contribution is -3.14. The minimum atomic E-state index is -0.351. The lowest BCUT2D eigenvalue weighted by atomic mass is 9.93. The Morgan fingerprint density at radius 3 is 2.74 bits per heavy atom. The van der Waals surface area contributed by atoms with Crippen molar-refractivity contribution in [3.8, 4) is 0 Å². The third-order valence-corrected chi connectivity index (χ3v) is 6.12. The zero-order valence-corrected chi connectivity index (χ0v) is 16.0. The Hall–Kier alpha value is -2.70. The molecular weight excluding hydrogens is 358 g/mol. The van der Waals surface area contributed by atoms with Crippen molar-refractivity contribution >= 4 is 23.2 Å². The molecule has 0 radical (unpaired) electrons. The van der Waals surface area contributed by atoms with Crippen LogP contribution in [-0.4, -0.2) is 29.5 Å². The summed E-state index contributed by atoms with van der Waals surface area (Å²) in [5, 5.41) is 4.67. The lowest BCUT2D eigenvalue weighted by Gasteiger charge is -2.32. The van der Waals surface area contributed by atoms with Crippen LogP contribution in [0.25, 0.3) is 0 Å². The molecule has 0 bridgehead atoms. The van der Waals surface area contributed by atoms with Gasteiger partial charge in [0, 0.05) is 35.7 Å². The van der Waals surface area contributed by atoms with E-state index >= 15 is 0 Å². The van der Waals surface area contributed by atoms with E-state index in [2.05, 4.69) is 28.9 Å². The van der Waals surface area contributed by atoms with Crippen LogP contribution in [0.2, 0.25) is 0 Å². The fraction of sp³-hybridized carbons (Fsp3) is 0.238. The van der Waals surface area contributed by atoms with Crippen LogP contribution in [-0.2, 0) is 18.3 Å². The van der Waals surface area contributed by atoms with Crippen molar-refractivity contribution in [3.05, 3.63) is 81.8 Å². The van der Waals surface area contributed by atoms with Crippen molar-refractivity contribution in [2.24, 2.45) is 7.05 Å². The maximum absolute atomic E-state index is 12.6. The molecule has 2 aromatic heterocycles. The maximum Gasteiger partial charge on any atom is 0.282 e. The minimum absolute atomic E-state index is 0.122. The van der Waals surface area contributed by atoms with Crippen LogP contribution in [0.15, 0.2) is 60.1 Å². The molecule has 0 fully saturated rings. The van der Waals surface area contributed by atoms with Gasteiger partial charge >= 0.3 is 0 Å². The summed E-state index contributed by atoms with van der Waals surface area (Å²) < 4.78 is 1.71. The molecule has 1 aliphatic heterocycles. The van der Waals surface area contributed by atoms with Gasteiger partial charge in [0.1, 0.15) is 11.7 Å². The first-order chi connectivity index (χ1) is 13.1. The molecule has 3 aromatic rings. The summed E-state index contributed by atoms with van der Waals surface area (Å²) in [6, 6.07) is 16.1. The summed E-state index contributed by atoms with van der Waals surface area (Å²) in [7, 11) is 1.79. The molecule has 1 aromatic carbocycles. The van der Waals surface area contributed by atoms with E-state index in [1.165, 1.54) is 20.9 Å². The Balaban J connectivity index is 1.53. The zero-order valence-electron chi connectivity index (χ0n) is 15.1. The third-order valence-electron chi connectivity index (χ3n) is 5.12. The van der Waals surface area contributed by atoms with Gasteiger partial charge in [-0.2, -0.15) is 0 Å². The summed E-state index contributed by atoms with van der Waals surface area (Å²) in [6.45, 7) is 1.14. The molecule has 0 saturated heterocycles. The van der Waals surface area contributed by atoms with Crippen molar-refractivity contribution in [3.63, 3.8) is 0 Å². The quantitative estimate of drug-likeness (QED) is 0.722. The number of nitrogens with zero attached hydrogens (tertiary/aromatic N) is 1. The Bertz CT molecular complexity index is 961. The molecule has 138 valence electrons. The molecule has 0 spiro atoms. The number of aryl methyl sites for hydroxylation is 1. The van der Waals surface area contributed by atoms with Crippen LogP contribution in [0.5, 0.6) is 0 Å². The first-order valence-electron chi connectivity index (χ1n) is 9.05. The second-order valence-corrected chi connectivity index (χ2v) is 7.86. The molecule has 3 heterocycles. The highest BCUT2D eigenvalue weighted by molar-refractivity contribution is 7.10. The number of nitrogens with one attached hydrogen (secondary N) is 2. The van der Waals surface area contributed by atoms with E-state index in [1.54, 1.807) is 41.3 Å².